The van der Waals surface area contributed by atoms with Crippen LogP contribution in [0.2, 0.25) is 0 Å². The summed E-state index contributed by atoms with van der Waals surface area (Å²) in [6.07, 6.45) is 2.58. The highest BCUT2D eigenvalue weighted by Crippen LogP contribution is 2.38. The summed E-state index contributed by atoms with van der Waals surface area (Å²) in [7, 11) is 0. The van der Waals surface area contributed by atoms with E-state index in [1.807, 2.05) is 6.92 Å². The Balaban J connectivity index is 1.65. The van der Waals surface area contributed by atoms with Crippen molar-refractivity contribution in [3.05, 3.63) is 21.9 Å². The molecule has 2 bridgehead atoms. The molecular formula is C16H23N3OS. The van der Waals surface area contributed by atoms with E-state index in [0.29, 0.717) is 12.0 Å². The number of aryl methyl sites for hydroxylation is 1. The summed E-state index contributed by atoms with van der Waals surface area (Å²) in [6.45, 7) is 7.62. The highest BCUT2D eigenvalue weighted by molar-refractivity contribution is 7.12. The third-order valence-corrected chi connectivity index (χ3v) is 6.37. The van der Waals surface area contributed by atoms with Gasteiger partial charge in [0.2, 0.25) is 5.91 Å². The topological polar surface area (TPSA) is 35.6 Å². The molecule has 5 heteroatoms. The molecule has 1 amide bonds. The van der Waals surface area contributed by atoms with Gasteiger partial charge in [-0.3, -0.25) is 10.1 Å². The first kappa shape index (κ1) is 13.7. The molecule has 0 aromatic carbocycles. The third-order valence-electron chi connectivity index (χ3n) is 5.32. The van der Waals surface area contributed by atoms with Crippen LogP contribution < -0.4 is 5.32 Å². The predicted molar refractivity (Wildman–Crippen MR) is 84.2 cm³/mol. The van der Waals surface area contributed by atoms with Crippen molar-refractivity contribution >= 4 is 17.2 Å². The van der Waals surface area contributed by atoms with Crippen LogP contribution in [0.1, 0.15) is 35.7 Å². The molecule has 5 rings (SSSR count). The number of piperidine rings is 3. The van der Waals surface area contributed by atoms with E-state index < -0.39 is 0 Å². The molecule has 0 spiro atoms. The highest BCUT2D eigenvalue weighted by atomic mass is 32.1. The average Bonchev–Trinajstić information content (AvgIpc) is 3.05. The third kappa shape index (κ3) is 2.22. The van der Waals surface area contributed by atoms with Gasteiger partial charge in [0.1, 0.15) is 6.17 Å². The van der Waals surface area contributed by atoms with E-state index in [1.54, 1.807) is 11.3 Å². The molecule has 21 heavy (non-hydrogen) atoms. The van der Waals surface area contributed by atoms with Gasteiger partial charge in [-0.2, -0.15) is 0 Å². The number of carbonyl (C=O) groups is 1. The molecule has 5 heterocycles. The number of rotatable bonds is 2. The summed E-state index contributed by atoms with van der Waals surface area (Å²) in [5.41, 5.74) is 0. The highest BCUT2D eigenvalue weighted by Gasteiger charge is 2.47. The fourth-order valence-electron chi connectivity index (χ4n) is 4.16. The summed E-state index contributed by atoms with van der Waals surface area (Å²) in [5.74, 6) is 0.972. The Bertz CT molecular complexity index is 549. The van der Waals surface area contributed by atoms with Crippen molar-refractivity contribution in [3.8, 4) is 0 Å². The monoisotopic (exact) mass is 305 g/mol. The fraction of sp³-hybridized carbons (Fsp3) is 0.688. The van der Waals surface area contributed by atoms with Crippen LogP contribution >= 0.6 is 11.3 Å². The lowest BCUT2D eigenvalue weighted by atomic mass is 9.83. The minimum atomic E-state index is -0.0622. The number of hydrogen-bond donors (Lipinski definition) is 1. The molecule has 4 aliphatic heterocycles. The van der Waals surface area contributed by atoms with Crippen LogP contribution in [0.25, 0.3) is 0 Å². The van der Waals surface area contributed by atoms with E-state index >= 15 is 0 Å². The maximum absolute atomic E-state index is 12.7. The standard InChI is InChI=1S/C16H23N3OS/c1-10-3-4-14(21-10)15-17-11(2)16(20)19(15)13-9-18-7-5-12(13)6-8-18/h3-4,11-13,15,17H,5-9H2,1-2H3. The van der Waals surface area contributed by atoms with Crippen molar-refractivity contribution in [1.29, 1.82) is 0 Å². The molecule has 0 saturated carbocycles. The first-order valence-electron chi connectivity index (χ1n) is 8.00. The molecule has 3 atom stereocenters. The van der Waals surface area contributed by atoms with Gasteiger partial charge >= 0.3 is 0 Å². The number of hydrogen-bond acceptors (Lipinski definition) is 4. The molecule has 4 saturated heterocycles. The second-order valence-electron chi connectivity index (χ2n) is 6.69. The van der Waals surface area contributed by atoms with Crippen LogP contribution in [0, 0.1) is 12.8 Å². The molecule has 1 aromatic heterocycles. The van der Waals surface area contributed by atoms with Crippen molar-refractivity contribution in [2.75, 3.05) is 19.6 Å². The molecule has 4 aliphatic rings. The summed E-state index contributed by atoms with van der Waals surface area (Å²) >= 11 is 1.81. The van der Waals surface area contributed by atoms with Crippen molar-refractivity contribution in [1.82, 2.24) is 15.1 Å². The van der Waals surface area contributed by atoms with Crippen molar-refractivity contribution < 1.29 is 4.79 Å². The van der Waals surface area contributed by atoms with E-state index in [1.165, 1.54) is 35.7 Å². The number of amides is 1. The Hall–Kier alpha value is -0.910. The zero-order valence-electron chi connectivity index (χ0n) is 12.7. The summed E-state index contributed by atoms with van der Waals surface area (Å²) in [5, 5.41) is 3.51. The Morgan fingerprint density at radius 3 is 2.62 bits per heavy atom. The minimum absolute atomic E-state index is 0.0622. The van der Waals surface area contributed by atoms with Crippen LogP contribution in [0.4, 0.5) is 0 Å². The van der Waals surface area contributed by atoms with E-state index in [0.717, 1.165) is 6.54 Å². The van der Waals surface area contributed by atoms with E-state index in [9.17, 15) is 4.79 Å². The maximum atomic E-state index is 12.7. The second-order valence-corrected chi connectivity index (χ2v) is 8.01. The molecule has 0 aliphatic carbocycles. The second kappa shape index (κ2) is 5.07. The predicted octanol–water partition coefficient (Wildman–Crippen LogP) is 1.97. The molecule has 3 unspecified atom stereocenters. The zero-order chi connectivity index (χ0) is 14.6. The Kier molecular flexibility index (Phi) is 3.32. The summed E-state index contributed by atoms with van der Waals surface area (Å²) in [6, 6.07) is 4.67. The maximum Gasteiger partial charge on any atom is 0.241 e. The molecule has 4 nitrogen and oxygen atoms in total. The Morgan fingerprint density at radius 1 is 1.29 bits per heavy atom. The molecule has 1 N–H and O–H groups in total. The molecule has 1 aromatic rings. The first-order valence-corrected chi connectivity index (χ1v) is 8.82. The van der Waals surface area contributed by atoms with Crippen molar-refractivity contribution in [2.45, 2.75) is 44.9 Å². The van der Waals surface area contributed by atoms with Gasteiger partial charge in [0, 0.05) is 22.3 Å². The number of nitrogens with zero attached hydrogens (tertiary/aromatic N) is 2. The van der Waals surface area contributed by atoms with Crippen molar-refractivity contribution in [3.63, 3.8) is 0 Å². The SMILES string of the molecule is Cc1ccc(C2NC(C)C(=O)N2C2CN3CCC2CC3)s1. The van der Waals surface area contributed by atoms with Gasteiger partial charge in [0.15, 0.2) is 0 Å². The number of carbonyl (C=O) groups excluding carboxylic acids is 1. The lowest BCUT2D eigenvalue weighted by molar-refractivity contribution is -0.136. The van der Waals surface area contributed by atoms with Crippen LogP contribution in [0.5, 0.6) is 0 Å². The molecular weight excluding hydrogens is 282 g/mol. The number of nitrogens with one attached hydrogen (secondary N) is 1. The smallest absolute Gasteiger partial charge is 0.241 e. The lowest BCUT2D eigenvalue weighted by Gasteiger charge is -2.49. The van der Waals surface area contributed by atoms with Gasteiger partial charge in [-0.1, -0.05) is 0 Å². The van der Waals surface area contributed by atoms with Gasteiger partial charge < -0.3 is 9.80 Å². The van der Waals surface area contributed by atoms with E-state index in [4.69, 9.17) is 0 Å². The average molecular weight is 305 g/mol. The zero-order valence-corrected chi connectivity index (χ0v) is 13.5. The lowest BCUT2D eigenvalue weighted by Crippen LogP contribution is -2.58. The normalized spacial score (nSPS) is 39.2. The Labute approximate surface area is 130 Å². The summed E-state index contributed by atoms with van der Waals surface area (Å²) in [4.78, 5) is 20.0. The number of fused-ring (bicyclic) bond motifs is 3. The van der Waals surface area contributed by atoms with Crippen LogP contribution in [0.15, 0.2) is 12.1 Å². The molecule has 0 radical (unpaired) electrons. The van der Waals surface area contributed by atoms with Gasteiger partial charge in [-0.25, -0.2) is 0 Å². The summed E-state index contributed by atoms with van der Waals surface area (Å²) < 4.78 is 0. The van der Waals surface area contributed by atoms with Crippen LogP contribution in [-0.4, -0.2) is 47.4 Å². The Morgan fingerprint density at radius 2 is 2.05 bits per heavy atom. The minimum Gasteiger partial charge on any atom is -0.316 e. The van der Waals surface area contributed by atoms with Gasteiger partial charge in [-0.05, 0) is 57.8 Å². The van der Waals surface area contributed by atoms with Crippen LogP contribution in [0.3, 0.4) is 0 Å². The molecule has 4 fully saturated rings. The molecule has 114 valence electrons. The quantitative estimate of drug-likeness (QED) is 0.907. The van der Waals surface area contributed by atoms with Gasteiger partial charge in [0.05, 0.1) is 6.04 Å². The first-order chi connectivity index (χ1) is 10.1. The largest absolute Gasteiger partial charge is 0.316 e. The van der Waals surface area contributed by atoms with Crippen molar-refractivity contribution in [2.24, 2.45) is 5.92 Å². The van der Waals surface area contributed by atoms with Gasteiger partial charge in [-0.15, -0.1) is 11.3 Å². The number of thiophene rings is 1. The van der Waals surface area contributed by atoms with Gasteiger partial charge in [0.25, 0.3) is 0 Å². The van der Waals surface area contributed by atoms with E-state index in [2.05, 4.69) is 34.2 Å². The van der Waals surface area contributed by atoms with Crippen LogP contribution in [-0.2, 0) is 4.79 Å². The van der Waals surface area contributed by atoms with E-state index in [-0.39, 0.29) is 18.1 Å². The fourth-order valence-corrected chi connectivity index (χ4v) is 5.10.